The number of aromatic hydroxyl groups is 1. The molecular formula is C15H13N3O4. The van der Waals surface area contributed by atoms with E-state index in [1.165, 1.54) is 18.2 Å². The van der Waals surface area contributed by atoms with Gasteiger partial charge >= 0.3 is 5.97 Å². The van der Waals surface area contributed by atoms with Crippen molar-refractivity contribution in [2.45, 2.75) is 0 Å². The van der Waals surface area contributed by atoms with Crippen molar-refractivity contribution in [2.75, 3.05) is 6.61 Å². The maximum atomic E-state index is 11.9. The number of carbonyl (C=O) groups excluding carboxylic acids is 2. The van der Waals surface area contributed by atoms with E-state index in [0.717, 1.165) is 0 Å². The molecule has 0 fully saturated rings. The van der Waals surface area contributed by atoms with Crippen molar-refractivity contribution < 1.29 is 19.4 Å². The molecule has 0 atom stereocenters. The van der Waals surface area contributed by atoms with Crippen LogP contribution in [0.15, 0.2) is 58.8 Å². The van der Waals surface area contributed by atoms with E-state index >= 15 is 0 Å². The van der Waals surface area contributed by atoms with Gasteiger partial charge in [-0.25, -0.2) is 4.79 Å². The lowest BCUT2D eigenvalue weighted by Crippen LogP contribution is -2.20. The van der Waals surface area contributed by atoms with Gasteiger partial charge in [-0.2, -0.15) is 5.11 Å². The first-order valence-electron chi connectivity index (χ1n) is 6.31. The number of hydrogen-bond acceptors (Lipinski definition) is 6. The lowest BCUT2D eigenvalue weighted by molar-refractivity contribution is -0.121. The fourth-order valence-corrected chi connectivity index (χ4v) is 1.58. The van der Waals surface area contributed by atoms with Crippen molar-refractivity contribution in [3.63, 3.8) is 0 Å². The Morgan fingerprint density at radius 3 is 2.41 bits per heavy atom. The van der Waals surface area contributed by atoms with Crippen LogP contribution in [0, 0.1) is 0 Å². The van der Waals surface area contributed by atoms with E-state index in [0.29, 0.717) is 11.4 Å². The molecule has 0 saturated heterocycles. The molecule has 0 saturated carbocycles. The molecule has 7 nitrogen and oxygen atoms in total. The van der Waals surface area contributed by atoms with E-state index in [2.05, 4.69) is 10.2 Å². The van der Waals surface area contributed by atoms with Crippen LogP contribution in [0.1, 0.15) is 10.4 Å². The van der Waals surface area contributed by atoms with Crippen LogP contribution in [0.2, 0.25) is 0 Å². The van der Waals surface area contributed by atoms with Gasteiger partial charge in [-0.1, -0.05) is 12.1 Å². The van der Waals surface area contributed by atoms with E-state index in [1.807, 2.05) is 0 Å². The molecule has 0 spiro atoms. The number of nitrogens with two attached hydrogens (primary N) is 1. The Morgan fingerprint density at radius 1 is 1.05 bits per heavy atom. The third-order valence-corrected chi connectivity index (χ3v) is 2.59. The Kier molecular flexibility index (Phi) is 4.81. The Balaban J connectivity index is 2.19. The van der Waals surface area contributed by atoms with E-state index in [1.54, 1.807) is 30.3 Å². The van der Waals surface area contributed by atoms with Crippen molar-refractivity contribution in [1.82, 2.24) is 0 Å². The molecule has 22 heavy (non-hydrogen) atoms. The summed E-state index contributed by atoms with van der Waals surface area (Å²) in [7, 11) is 0. The number of phenolic OH excluding ortho intramolecular Hbond substituents is 1. The zero-order valence-electron chi connectivity index (χ0n) is 11.5. The number of ether oxygens (including phenoxy) is 1. The van der Waals surface area contributed by atoms with Gasteiger partial charge in [0.1, 0.15) is 11.4 Å². The smallest absolute Gasteiger partial charge is 0.340 e. The van der Waals surface area contributed by atoms with Gasteiger partial charge in [0, 0.05) is 0 Å². The number of carbonyl (C=O) groups is 2. The molecule has 0 aliphatic heterocycles. The minimum Gasteiger partial charge on any atom is -0.508 e. The van der Waals surface area contributed by atoms with Crippen LogP contribution >= 0.6 is 0 Å². The third-order valence-electron chi connectivity index (χ3n) is 2.59. The van der Waals surface area contributed by atoms with E-state index in [-0.39, 0.29) is 11.3 Å². The standard InChI is InChI=1S/C15H13N3O4/c16-14(20)9-22-15(21)12-3-1-2-4-13(12)18-17-10-5-7-11(19)8-6-10/h1-8,19H,9H2,(H2,16,20). The number of nitrogens with zero attached hydrogens (tertiary/aromatic N) is 2. The minimum absolute atomic E-state index is 0.120. The monoisotopic (exact) mass is 299 g/mol. The summed E-state index contributed by atoms with van der Waals surface area (Å²) < 4.78 is 4.75. The van der Waals surface area contributed by atoms with Gasteiger partial charge in [0.15, 0.2) is 6.61 Å². The van der Waals surface area contributed by atoms with Gasteiger partial charge in [0.05, 0.1) is 11.3 Å². The topological polar surface area (TPSA) is 114 Å². The number of azo groups is 1. The molecule has 0 radical (unpaired) electrons. The largest absolute Gasteiger partial charge is 0.508 e. The summed E-state index contributed by atoms with van der Waals surface area (Å²) in [5.41, 5.74) is 5.91. The molecule has 0 aliphatic rings. The zero-order chi connectivity index (χ0) is 15.9. The second-order valence-corrected chi connectivity index (χ2v) is 4.28. The Morgan fingerprint density at radius 2 is 1.73 bits per heavy atom. The molecule has 7 heteroatoms. The second kappa shape index (κ2) is 6.98. The number of esters is 1. The summed E-state index contributed by atoms with van der Waals surface area (Å²) in [6.07, 6.45) is 0. The zero-order valence-corrected chi connectivity index (χ0v) is 11.5. The normalized spacial score (nSPS) is 10.5. The average molecular weight is 299 g/mol. The van der Waals surface area contributed by atoms with Crippen LogP contribution < -0.4 is 5.73 Å². The first kappa shape index (κ1) is 15.2. The van der Waals surface area contributed by atoms with Crippen molar-refractivity contribution in [3.05, 3.63) is 54.1 Å². The average Bonchev–Trinajstić information content (AvgIpc) is 2.52. The molecule has 2 rings (SSSR count). The SMILES string of the molecule is NC(=O)COC(=O)c1ccccc1N=Nc1ccc(O)cc1. The van der Waals surface area contributed by atoms with Crippen LogP contribution in [0.5, 0.6) is 5.75 Å². The molecule has 0 heterocycles. The third kappa shape index (κ3) is 4.14. The Bertz CT molecular complexity index is 711. The van der Waals surface area contributed by atoms with E-state index in [9.17, 15) is 14.7 Å². The summed E-state index contributed by atoms with van der Waals surface area (Å²) in [5.74, 6) is -1.33. The van der Waals surface area contributed by atoms with Gasteiger partial charge < -0.3 is 15.6 Å². The summed E-state index contributed by atoms with van der Waals surface area (Å²) in [5, 5.41) is 17.1. The fraction of sp³-hybridized carbons (Fsp3) is 0.0667. The highest BCUT2D eigenvalue weighted by atomic mass is 16.5. The van der Waals surface area contributed by atoms with Crippen molar-refractivity contribution in [3.8, 4) is 5.75 Å². The number of rotatable bonds is 5. The molecule has 0 bridgehead atoms. The lowest BCUT2D eigenvalue weighted by atomic mass is 10.2. The van der Waals surface area contributed by atoms with E-state index < -0.39 is 18.5 Å². The number of hydrogen-bond donors (Lipinski definition) is 2. The van der Waals surface area contributed by atoms with Crippen LogP contribution in [0.3, 0.4) is 0 Å². The van der Waals surface area contributed by atoms with Gasteiger partial charge in [0.2, 0.25) is 0 Å². The highest BCUT2D eigenvalue weighted by Gasteiger charge is 2.13. The maximum Gasteiger partial charge on any atom is 0.340 e. The maximum absolute atomic E-state index is 11.9. The highest BCUT2D eigenvalue weighted by molar-refractivity contribution is 5.95. The summed E-state index contributed by atoms with van der Waals surface area (Å²) in [6, 6.07) is 12.5. The first-order valence-corrected chi connectivity index (χ1v) is 6.31. The van der Waals surface area contributed by atoms with Crippen molar-refractivity contribution in [1.29, 1.82) is 0 Å². The van der Waals surface area contributed by atoms with Crippen LogP contribution in [-0.2, 0) is 9.53 Å². The summed E-state index contributed by atoms with van der Waals surface area (Å²) in [6.45, 7) is -0.498. The second-order valence-electron chi connectivity index (χ2n) is 4.28. The molecule has 1 amide bonds. The summed E-state index contributed by atoms with van der Waals surface area (Å²) in [4.78, 5) is 22.5. The van der Waals surface area contributed by atoms with Crippen molar-refractivity contribution >= 4 is 23.3 Å². The number of amides is 1. The lowest BCUT2D eigenvalue weighted by Gasteiger charge is -2.04. The fourth-order valence-electron chi connectivity index (χ4n) is 1.58. The van der Waals surface area contributed by atoms with Gasteiger partial charge in [-0.3, -0.25) is 4.79 Å². The number of phenols is 1. The molecule has 3 N–H and O–H groups in total. The molecular weight excluding hydrogens is 286 g/mol. The number of primary amides is 1. The van der Waals surface area contributed by atoms with Gasteiger partial charge in [-0.15, -0.1) is 5.11 Å². The predicted molar refractivity (Wildman–Crippen MR) is 78.2 cm³/mol. The van der Waals surface area contributed by atoms with Crippen LogP contribution in [0.4, 0.5) is 11.4 Å². The van der Waals surface area contributed by atoms with Gasteiger partial charge in [0.25, 0.3) is 5.91 Å². The summed E-state index contributed by atoms with van der Waals surface area (Å²) >= 11 is 0. The van der Waals surface area contributed by atoms with Gasteiger partial charge in [-0.05, 0) is 36.4 Å². The molecule has 0 unspecified atom stereocenters. The quantitative estimate of drug-likeness (QED) is 0.651. The van der Waals surface area contributed by atoms with Crippen LogP contribution in [0.25, 0.3) is 0 Å². The van der Waals surface area contributed by atoms with E-state index in [4.69, 9.17) is 10.5 Å². The Hall–Kier alpha value is -3.22. The molecule has 2 aromatic rings. The molecule has 0 aromatic heterocycles. The predicted octanol–water partition coefficient (Wildman–Crippen LogP) is 2.45. The van der Waals surface area contributed by atoms with Crippen LogP contribution in [-0.4, -0.2) is 23.6 Å². The first-order chi connectivity index (χ1) is 10.6. The Labute approximate surface area is 126 Å². The molecule has 112 valence electrons. The van der Waals surface area contributed by atoms with Crippen molar-refractivity contribution in [2.24, 2.45) is 16.0 Å². The highest BCUT2D eigenvalue weighted by Crippen LogP contribution is 2.24. The number of benzene rings is 2. The molecule has 0 aliphatic carbocycles. The minimum atomic E-state index is -0.739. The molecule has 2 aromatic carbocycles.